The van der Waals surface area contributed by atoms with Gasteiger partial charge in [0.1, 0.15) is 23.2 Å². The van der Waals surface area contributed by atoms with Gasteiger partial charge in [-0.2, -0.15) is 0 Å². The predicted molar refractivity (Wildman–Crippen MR) is 121 cm³/mol. The van der Waals surface area contributed by atoms with Crippen molar-refractivity contribution in [1.82, 2.24) is 9.97 Å². The van der Waals surface area contributed by atoms with E-state index in [1.807, 2.05) is 5.38 Å². The van der Waals surface area contributed by atoms with E-state index in [2.05, 4.69) is 46.5 Å². The molecule has 5 nitrogen and oxygen atoms in total. The Bertz CT molecular complexity index is 1150. The molecule has 0 atom stereocenters. The first-order valence-electron chi connectivity index (χ1n) is 9.65. The van der Waals surface area contributed by atoms with E-state index in [-0.39, 0.29) is 24.8 Å². The van der Waals surface area contributed by atoms with Gasteiger partial charge in [0.15, 0.2) is 5.13 Å². The van der Waals surface area contributed by atoms with E-state index in [1.165, 1.54) is 45.9 Å². The van der Waals surface area contributed by atoms with Gasteiger partial charge >= 0.3 is 0 Å². The first kappa shape index (κ1) is 21.1. The molecule has 0 aliphatic heterocycles. The summed E-state index contributed by atoms with van der Waals surface area (Å²) >= 11 is 2.90. The topological polar surface area (TPSA) is 64.1 Å². The van der Waals surface area contributed by atoms with Crippen molar-refractivity contribution in [2.75, 3.05) is 5.32 Å². The molecule has 0 aliphatic carbocycles. The number of hydrogen-bond acceptors (Lipinski definition) is 6. The maximum absolute atomic E-state index is 12.9. The van der Waals surface area contributed by atoms with Gasteiger partial charge in [-0.3, -0.25) is 4.79 Å². The quantitative estimate of drug-likeness (QED) is 0.388. The second kappa shape index (κ2) is 9.80. The Morgan fingerprint density at radius 1 is 1.13 bits per heavy atom. The number of carbonyl (C=O) groups is 1. The van der Waals surface area contributed by atoms with Crippen LogP contribution in [-0.4, -0.2) is 15.9 Å². The van der Waals surface area contributed by atoms with Crippen LogP contribution in [0.2, 0.25) is 0 Å². The van der Waals surface area contributed by atoms with Crippen molar-refractivity contribution in [3.05, 3.63) is 92.6 Å². The van der Waals surface area contributed by atoms with Gasteiger partial charge in [-0.1, -0.05) is 29.8 Å². The van der Waals surface area contributed by atoms with Crippen LogP contribution in [0.1, 0.15) is 26.7 Å². The van der Waals surface area contributed by atoms with Crippen molar-refractivity contribution in [2.24, 2.45) is 0 Å². The average molecular weight is 454 g/mol. The molecule has 0 aliphatic rings. The van der Waals surface area contributed by atoms with Gasteiger partial charge in [0, 0.05) is 22.9 Å². The van der Waals surface area contributed by atoms with Gasteiger partial charge in [0.25, 0.3) is 0 Å². The highest BCUT2D eigenvalue weighted by Crippen LogP contribution is 2.22. The fourth-order valence-corrected chi connectivity index (χ4v) is 4.42. The van der Waals surface area contributed by atoms with Gasteiger partial charge < -0.3 is 10.1 Å². The number of anilines is 1. The first-order chi connectivity index (χ1) is 15.0. The third kappa shape index (κ3) is 6.19. The van der Waals surface area contributed by atoms with E-state index in [0.717, 1.165) is 16.3 Å². The molecule has 0 bridgehead atoms. The van der Waals surface area contributed by atoms with E-state index in [4.69, 9.17) is 4.74 Å². The highest BCUT2D eigenvalue weighted by Gasteiger charge is 2.11. The lowest BCUT2D eigenvalue weighted by Crippen LogP contribution is -2.14. The van der Waals surface area contributed by atoms with Crippen LogP contribution in [0.25, 0.3) is 0 Å². The van der Waals surface area contributed by atoms with Gasteiger partial charge in [0.05, 0.1) is 12.1 Å². The second-order valence-electron chi connectivity index (χ2n) is 6.99. The highest BCUT2D eigenvalue weighted by molar-refractivity contribution is 7.15. The molecule has 31 heavy (non-hydrogen) atoms. The molecular formula is C23H20FN3O2S2. The SMILES string of the molecule is Cc1ccc(Cc2cnc(NC(=O)Cc3csc(COc4ccc(F)cc4)n3)s2)cc1. The lowest BCUT2D eigenvalue weighted by molar-refractivity contribution is -0.115. The summed E-state index contributed by atoms with van der Waals surface area (Å²) in [7, 11) is 0. The third-order valence-electron chi connectivity index (χ3n) is 4.42. The van der Waals surface area contributed by atoms with Crippen LogP contribution < -0.4 is 10.1 Å². The fourth-order valence-electron chi connectivity index (χ4n) is 2.85. The number of nitrogens with zero attached hydrogens (tertiary/aromatic N) is 2. The molecule has 8 heteroatoms. The summed E-state index contributed by atoms with van der Waals surface area (Å²) in [5.74, 6) is 0.103. The number of aryl methyl sites for hydroxylation is 1. The van der Waals surface area contributed by atoms with Crippen LogP contribution >= 0.6 is 22.7 Å². The maximum Gasteiger partial charge on any atom is 0.232 e. The van der Waals surface area contributed by atoms with Crippen LogP contribution in [0, 0.1) is 12.7 Å². The van der Waals surface area contributed by atoms with Crippen molar-refractivity contribution in [3.63, 3.8) is 0 Å². The van der Waals surface area contributed by atoms with Crippen LogP contribution in [0.3, 0.4) is 0 Å². The van der Waals surface area contributed by atoms with Crippen LogP contribution in [0.4, 0.5) is 9.52 Å². The molecule has 0 spiro atoms. The third-order valence-corrected chi connectivity index (χ3v) is 6.20. The molecule has 2 aromatic heterocycles. The molecule has 2 heterocycles. The number of carbonyl (C=O) groups excluding carboxylic acids is 1. The number of hydrogen-bond donors (Lipinski definition) is 1. The largest absolute Gasteiger partial charge is 0.486 e. The number of aromatic nitrogens is 2. The Labute approximate surface area is 187 Å². The predicted octanol–water partition coefficient (Wildman–Crippen LogP) is 5.40. The molecule has 0 saturated heterocycles. The van der Waals surface area contributed by atoms with Crippen LogP contribution in [0.5, 0.6) is 5.75 Å². The highest BCUT2D eigenvalue weighted by atomic mass is 32.1. The molecule has 0 fully saturated rings. The summed E-state index contributed by atoms with van der Waals surface area (Å²) in [4.78, 5) is 22.2. The molecule has 1 N–H and O–H groups in total. The van der Waals surface area contributed by atoms with E-state index in [1.54, 1.807) is 18.3 Å². The maximum atomic E-state index is 12.9. The molecular weight excluding hydrogens is 433 g/mol. The van der Waals surface area contributed by atoms with E-state index in [0.29, 0.717) is 16.6 Å². The van der Waals surface area contributed by atoms with Gasteiger partial charge in [0.2, 0.25) is 5.91 Å². The van der Waals surface area contributed by atoms with E-state index in [9.17, 15) is 9.18 Å². The lowest BCUT2D eigenvalue weighted by Gasteiger charge is -2.03. The normalized spacial score (nSPS) is 10.8. The van der Waals surface area contributed by atoms with Crippen LogP contribution in [-0.2, 0) is 24.2 Å². The Morgan fingerprint density at radius 3 is 2.68 bits per heavy atom. The number of thiazole rings is 2. The Morgan fingerprint density at radius 2 is 1.90 bits per heavy atom. The lowest BCUT2D eigenvalue weighted by atomic mass is 10.1. The summed E-state index contributed by atoms with van der Waals surface area (Å²) in [6.07, 6.45) is 2.76. The summed E-state index contributed by atoms with van der Waals surface area (Å²) < 4.78 is 18.5. The number of ether oxygens (including phenoxy) is 1. The van der Waals surface area contributed by atoms with E-state index < -0.39 is 0 Å². The van der Waals surface area contributed by atoms with Crippen molar-refractivity contribution in [1.29, 1.82) is 0 Å². The van der Waals surface area contributed by atoms with Gasteiger partial charge in [-0.05, 0) is 36.8 Å². The molecule has 0 radical (unpaired) electrons. The van der Waals surface area contributed by atoms with Crippen LogP contribution in [0.15, 0.2) is 60.1 Å². The zero-order valence-electron chi connectivity index (χ0n) is 16.8. The smallest absolute Gasteiger partial charge is 0.232 e. The van der Waals surface area contributed by atoms with Crippen molar-refractivity contribution in [3.8, 4) is 5.75 Å². The summed E-state index contributed by atoms with van der Waals surface area (Å²) in [5, 5.41) is 6.02. The van der Waals surface area contributed by atoms with Gasteiger partial charge in [-0.25, -0.2) is 14.4 Å². The minimum atomic E-state index is -0.308. The first-order valence-corrected chi connectivity index (χ1v) is 11.3. The summed E-state index contributed by atoms with van der Waals surface area (Å²) in [6.45, 7) is 2.33. The van der Waals surface area contributed by atoms with Crippen molar-refractivity contribution in [2.45, 2.75) is 26.4 Å². The Kier molecular flexibility index (Phi) is 6.69. The molecule has 4 aromatic rings. The molecule has 0 saturated carbocycles. The average Bonchev–Trinajstić information content (AvgIpc) is 3.38. The van der Waals surface area contributed by atoms with Crippen molar-refractivity contribution >= 4 is 33.7 Å². The minimum Gasteiger partial charge on any atom is -0.486 e. The number of rotatable bonds is 8. The molecule has 158 valence electrons. The zero-order chi connectivity index (χ0) is 21.6. The molecule has 4 rings (SSSR count). The van der Waals surface area contributed by atoms with Crippen molar-refractivity contribution < 1.29 is 13.9 Å². The monoisotopic (exact) mass is 453 g/mol. The summed E-state index contributed by atoms with van der Waals surface area (Å²) in [5.41, 5.74) is 3.12. The van der Waals surface area contributed by atoms with E-state index >= 15 is 0 Å². The number of amides is 1. The summed E-state index contributed by atoms with van der Waals surface area (Å²) in [6, 6.07) is 14.2. The minimum absolute atomic E-state index is 0.160. The zero-order valence-corrected chi connectivity index (χ0v) is 18.4. The number of benzene rings is 2. The number of halogens is 1. The molecule has 1 amide bonds. The molecule has 0 unspecified atom stereocenters. The number of nitrogens with one attached hydrogen (secondary N) is 1. The fraction of sp³-hybridized carbons (Fsp3) is 0.174. The van der Waals surface area contributed by atoms with Gasteiger partial charge in [-0.15, -0.1) is 22.7 Å². The molecule has 2 aromatic carbocycles. The standard InChI is InChI=1S/C23H20FN3O2S2/c1-15-2-4-16(5-3-15)10-20-12-25-23(31-20)27-21(28)11-18-14-30-22(26-18)13-29-19-8-6-17(24)7-9-19/h2-9,12,14H,10-11,13H2,1H3,(H,25,27,28). The Balaban J connectivity index is 1.26. The second-order valence-corrected chi connectivity index (χ2v) is 9.05. The Hall–Kier alpha value is -3.10.